The van der Waals surface area contributed by atoms with Crippen molar-refractivity contribution < 1.29 is 8.42 Å². The first-order chi connectivity index (χ1) is 8.40. The number of nitrogens with zero attached hydrogens (tertiary/aromatic N) is 1. The Morgan fingerprint density at radius 1 is 1.22 bits per heavy atom. The highest BCUT2D eigenvalue weighted by molar-refractivity contribution is 8.15. The minimum absolute atomic E-state index is 0.364. The van der Waals surface area contributed by atoms with Crippen LogP contribution in [0.2, 0.25) is 0 Å². The predicted octanol–water partition coefficient (Wildman–Crippen LogP) is 1.99. The highest BCUT2D eigenvalue weighted by Gasteiger charge is 2.22. The lowest BCUT2D eigenvalue weighted by molar-refractivity contribution is 0.591. The molecule has 0 aromatic heterocycles. The lowest BCUT2D eigenvalue weighted by atomic mass is 10.1. The molecule has 0 radical (unpaired) electrons. The molecule has 1 N–H and O–H groups in total. The van der Waals surface area contributed by atoms with E-state index in [1.165, 1.54) is 11.8 Å². The van der Waals surface area contributed by atoms with E-state index in [1.54, 1.807) is 0 Å². The van der Waals surface area contributed by atoms with E-state index >= 15 is 0 Å². The van der Waals surface area contributed by atoms with Gasteiger partial charge in [-0.15, -0.1) is 0 Å². The average Bonchev–Trinajstić information content (AvgIpc) is 2.66. The van der Waals surface area contributed by atoms with E-state index in [0.717, 1.165) is 22.4 Å². The summed E-state index contributed by atoms with van der Waals surface area (Å²) < 4.78 is 27.2. The summed E-state index contributed by atoms with van der Waals surface area (Å²) >= 11 is 1.44. The number of thioether (sulfide) groups is 1. The number of aryl methyl sites for hydroxylation is 3. The second-order valence-electron chi connectivity index (χ2n) is 4.37. The molecule has 6 heteroatoms. The summed E-state index contributed by atoms with van der Waals surface area (Å²) in [6.45, 7) is 6.27. The van der Waals surface area contributed by atoms with Crippen molar-refractivity contribution in [2.24, 2.45) is 4.99 Å². The minimum Gasteiger partial charge on any atom is -0.261 e. The number of aliphatic imine (C=N–C) groups is 1. The molecule has 0 aliphatic carbocycles. The molecule has 1 aromatic carbocycles. The van der Waals surface area contributed by atoms with Gasteiger partial charge in [0.1, 0.15) is 0 Å². The van der Waals surface area contributed by atoms with Gasteiger partial charge in [-0.25, -0.2) is 8.42 Å². The summed E-state index contributed by atoms with van der Waals surface area (Å²) in [5, 5.41) is 0.495. The third-order valence-electron chi connectivity index (χ3n) is 2.68. The average molecular weight is 284 g/mol. The second-order valence-corrected chi connectivity index (χ2v) is 7.07. The van der Waals surface area contributed by atoms with E-state index in [9.17, 15) is 8.42 Å². The van der Waals surface area contributed by atoms with Crippen LogP contribution >= 0.6 is 11.8 Å². The van der Waals surface area contributed by atoms with Gasteiger partial charge in [-0.1, -0.05) is 29.5 Å². The molecule has 0 spiro atoms. The van der Waals surface area contributed by atoms with Gasteiger partial charge >= 0.3 is 0 Å². The third-order valence-corrected chi connectivity index (χ3v) is 5.34. The van der Waals surface area contributed by atoms with E-state index in [-0.39, 0.29) is 0 Å². The third kappa shape index (κ3) is 2.70. The molecule has 2 rings (SSSR count). The Kier molecular flexibility index (Phi) is 3.68. The van der Waals surface area contributed by atoms with Crippen LogP contribution in [0.25, 0.3) is 0 Å². The Morgan fingerprint density at radius 3 is 2.33 bits per heavy atom. The van der Waals surface area contributed by atoms with Gasteiger partial charge in [-0.3, -0.25) is 9.71 Å². The Morgan fingerprint density at radius 2 is 1.83 bits per heavy atom. The van der Waals surface area contributed by atoms with Crippen molar-refractivity contribution in [2.45, 2.75) is 25.7 Å². The molecule has 0 bridgehead atoms. The monoisotopic (exact) mass is 284 g/mol. The topological polar surface area (TPSA) is 58.5 Å². The lowest BCUT2D eigenvalue weighted by Crippen LogP contribution is -2.28. The smallest absolute Gasteiger partial charge is 0.261 e. The fourth-order valence-corrected chi connectivity index (χ4v) is 4.64. The van der Waals surface area contributed by atoms with E-state index < -0.39 is 10.0 Å². The minimum atomic E-state index is -3.52. The molecule has 0 saturated carbocycles. The van der Waals surface area contributed by atoms with Crippen LogP contribution in [0.15, 0.2) is 22.0 Å². The van der Waals surface area contributed by atoms with Crippen LogP contribution in [0.3, 0.4) is 0 Å². The van der Waals surface area contributed by atoms with Crippen molar-refractivity contribution in [1.29, 1.82) is 0 Å². The van der Waals surface area contributed by atoms with Crippen LogP contribution in [0.5, 0.6) is 0 Å². The molecular formula is C12H16N2O2S2. The first-order valence-electron chi connectivity index (χ1n) is 5.68. The molecule has 1 aliphatic rings. The van der Waals surface area contributed by atoms with Crippen molar-refractivity contribution in [3.8, 4) is 0 Å². The van der Waals surface area contributed by atoms with Crippen molar-refractivity contribution in [2.75, 3.05) is 12.3 Å². The zero-order valence-corrected chi connectivity index (χ0v) is 12.3. The maximum atomic E-state index is 12.3. The fraction of sp³-hybridized carbons (Fsp3) is 0.417. The number of hydrogen-bond donors (Lipinski definition) is 1. The van der Waals surface area contributed by atoms with Crippen LogP contribution in [-0.4, -0.2) is 25.9 Å². The zero-order chi connectivity index (χ0) is 13.3. The summed E-state index contributed by atoms with van der Waals surface area (Å²) in [5.74, 6) is 0.837. The molecule has 98 valence electrons. The SMILES string of the molecule is Cc1cc(C)c(S(=O)(=O)NC2=NCCS2)c(C)c1. The molecule has 1 aromatic rings. The molecule has 1 aliphatic heterocycles. The molecule has 0 saturated heterocycles. The molecule has 0 fully saturated rings. The van der Waals surface area contributed by atoms with Gasteiger partial charge in [0.05, 0.1) is 11.4 Å². The van der Waals surface area contributed by atoms with Crippen LogP contribution < -0.4 is 4.72 Å². The molecule has 4 nitrogen and oxygen atoms in total. The van der Waals surface area contributed by atoms with Crippen LogP contribution in [0.4, 0.5) is 0 Å². The Labute approximate surface area is 112 Å². The molecule has 18 heavy (non-hydrogen) atoms. The molecule has 0 atom stereocenters. The van der Waals surface area contributed by atoms with Gasteiger partial charge in [0.15, 0.2) is 5.17 Å². The van der Waals surface area contributed by atoms with Crippen molar-refractivity contribution in [3.63, 3.8) is 0 Å². The Balaban J connectivity index is 2.41. The quantitative estimate of drug-likeness (QED) is 0.903. The van der Waals surface area contributed by atoms with Crippen LogP contribution in [-0.2, 0) is 10.0 Å². The second kappa shape index (κ2) is 4.93. The summed E-state index contributed by atoms with van der Waals surface area (Å²) in [5.41, 5.74) is 2.60. The number of amidine groups is 1. The first-order valence-corrected chi connectivity index (χ1v) is 8.15. The number of sulfonamides is 1. The molecule has 0 unspecified atom stereocenters. The summed E-state index contributed by atoms with van der Waals surface area (Å²) in [6, 6.07) is 3.76. The number of nitrogens with one attached hydrogen (secondary N) is 1. The van der Waals surface area contributed by atoms with E-state index in [2.05, 4.69) is 9.71 Å². The number of benzene rings is 1. The van der Waals surface area contributed by atoms with Crippen LogP contribution in [0, 0.1) is 20.8 Å². The number of rotatable bonds is 2. The standard InChI is InChI=1S/C12H16N2O2S2/c1-8-6-9(2)11(10(3)7-8)18(15,16)14-12-13-4-5-17-12/h6-7H,4-5H2,1-3H3,(H,13,14). The van der Waals surface area contributed by atoms with Gasteiger partial charge < -0.3 is 0 Å². The molecular weight excluding hydrogens is 268 g/mol. The highest BCUT2D eigenvalue weighted by Crippen LogP contribution is 2.22. The maximum Gasteiger partial charge on any atom is 0.263 e. The van der Waals surface area contributed by atoms with Crippen LogP contribution in [0.1, 0.15) is 16.7 Å². The summed E-state index contributed by atoms with van der Waals surface area (Å²) in [7, 11) is -3.52. The fourth-order valence-electron chi connectivity index (χ4n) is 2.15. The largest absolute Gasteiger partial charge is 0.263 e. The van der Waals surface area contributed by atoms with E-state index in [4.69, 9.17) is 0 Å². The van der Waals surface area contributed by atoms with Crippen molar-refractivity contribution in [3.05, 3.63) is 28.8 Å². The van der Waals surface area contributed by atoms with Gasteiger partial charge in [-0.05, 0) is 31.9 Å². The summed E-state index contributed by atoms with van der Waals surface area (Å²) in [4.78, 5) is 4.48. The Bertz CT molecular complexity index is 583. The predicted molar refractivity (Wildman–Crippen MR) is 75.7 cm³/mol. The van der Waals surface area contributed by atoms with Gasteiger partial charge in [0.2, 0.25) is 0 Å². The van der Waals surface area contributed by atoms with Crippen molar-refractivity contribution in [1.82, 2.24) is 4.72 Å². The lowest BCUT2D eigenvalue weighted by Gasteiger charge is -2.13. The highest BCUT2D eigenvalue weighted by atomic mass is 32.2. The zero-order valence-electron chi connectivity index (χ0n) is 10.6. The Hall–Kier alpha value is -1.01. The van der Waals surface area contributed by atoms with Gasteiger partial charge in [0.25, 0.3) is 10.0 Å². The maximum absolute atomic E-state index is 12.3. The summed E-state index contributed by atoms with van der Waals surface area (Å²) in [6.07, 6.45) is 0. The van der Waals surface area contributed by atoms with Gasteiger partial charge in [0, 0.05) is 5.75 Å². The first kappa shape index (κ1) is 13.4. The number of hydrogen-bond acceptors (Lipinski definition) is 4. The normalized spacial score (nSPS) is 15.6. The van der Waals surface area contributed by atoms with E-state index in [0.29, 0.717) is 16.6 Å². The molecule has 1 heterocycles. The molecule has 0 amide bonds. The van der Waals surface area contributed by atoms with Crippen molar-refractivity contribution >= 4 is 27.0 Å². The van der Waals surface area contributed by atoms with E-state index in [1.807, 2.05) is 32.9 Å². The van der Waals surface area contributed by atoms with Gasteiger partial charge in [-0.2, -0.15) is 0 Å².